The fraction of sp³-hybridized carbons (Fsp3) is 0.538. The summed E-state index contributed by atoms with van der Waals surface area (Å²) in [5.74, 6) is 0.138. The Balaban J connectivity index is 1.39. The number of aromatic nitrogens is 1. The van der Waals surface area contributed by atoms with Crippen LogP contribution in [0.1, 0.15) is 83.4 Å². The van der Waals surface area contributed by atoms with Crippen molar-refractivity contribution in [2.24, 2.45) is 0 Å². The van der Waals surface area contributed by atoms with Gasteiger partial charge in [0.25, 0.3) is 0 Å². The van der Waals surface area contributed by atoms with Crippen LogP contribution in [-0.2, 0) is 31.4 Å². The highest BCUT2D eigenvalue weighted by Gasteiger charge is 2.24. The summed E-state index contributed by atoms with van der Waals surface area (Å²) < 4.78 is 26.1. The van der Waals surface area contributed by atoms with Crippen molar-refractivity contribution < 1.29 is 23.0 Å². The van der Waals surface area contributed by atoms with E-state index in [1.807, 2.05) is 13.8 Å². The molecule has 3 aromatic rings. The van der Waals surface area contributed by atoms with Gasteiger partial charge in [-0.3, -0.25) is 9.36 Å². The second-order valence-corrected chi connectivity index (χ2v) is 14.8. The standard InChI is InChI=1S/C39H57N4O4P/c1-6-41(7-2)26-13-16-32(5)40-39(44)25-30-42-27-14-19-36-33(17-12-21-38(36)42)22-23-34-24-29-43(37-20-11-10-18-35(34)37)28-15-31-48(45,46-8-3)47-9-4/h10-12,17-18,20-24,29,32H,6-9,13-16,19,25-28,30-31H2,1-5H3/p+1/b23-22+. The van der Waals surface area contributed by atoms with Crippen molar-refractivity contribution in [1.29, 1.82) is 0 Å². The highest BCUT2D eigenvalue weighted by Crippen LogP contribution is 2.48. The van der Waals surface area contributed by atoms with Crippen molar-refractivity contribution >= 4 is 42.2 Å². The maximum absolute atomic E-state index is 12.9. The van der Waals surface area contributed by atoms with Gasteiger partial charge >= 0.3 is 7.60 Å². The highest BCUT2D eigenvalue weighted by molar-refractivity contribution is 7.53. The minimum atomic E-state index is -3.06. The minimum absolute atomic E-state index is 0.138. The number of carbonyl (C=O) groups excluding carboxylic acids is 1. The molecule has 0 saturated heterocycles. The van der Waals surface area contributed by atoms with Gasteiger partial charge in [0.1, 0.15) is 6.54 Å². The molecule has 48 heavy (non-hydrogen) atoms. The number of nitrogens with zero attached hydrogens (tertiary/aromatic N) is 3. The van der Waals surface area contributed by atoms with Gasteiger partial charge in [0.15, 0.2) is 6.20 Å². The van der Waals surface area contributed by atoms with Gasteiger partial charge in [-0.2, -0.15) is 4.57 Å². The third kappa shape index (κ3) is 10.7. The number of hydrogen-bond donors (Lipinski definition) is 1. The molecular formula is C39H58N4O4P+. The van der Waals surface area contributed by atoms with Gasteiger partial charge < -0.3 is 24.2 Å². The molecule has 0 radical (unpaired) electrons. The molecule has 1 aliphatic rings. The number of pyridine rings is 1. The molecule has 1 aliphatic heterocycles. The summed E-state index contributed by atoms with van der Waals surface area (Å²) in [7, 11) is -3.06. The van der Waals surface area contributed by atoms with E-state index in [0.29, 0.717) is 32.2 Å². The van der Waals surface area contributed by atoms with Crippen LogP contribution in [0, 0.1) is 0 Å². The summed E-state index contributed by atoms with van der Waals surface area (Å²) in [4.78, 5) is 17.7. The monoisotopic (exact) mass is 677 g/mol. The van der Waals surface area contributed by atoms with E-state index in [1.165, 1.54) is 22.2 Å². The average Bonchev–Trinajstić information content (AvgIpc) is 3.09. The summed E-state index contributed by atoms with van der Waals surface area (Å²) in [6, 6.07) is 17.3. The lowest BCUT2D eigenvalue weighted by Gasteiger charge is -2.32. The van der Waals surface area contributed by atoms with E-state index in [0.717, 1.165) is 76.0 Å². The van der Waals surface area contributed by atoms with Gasteiger partial charge in [0.2, 0.25) is 11.4 Å². The van der Waals surface area contributed by atoms with Crippen molar-refractivity contribution in [3.05, 3.63) is 71.4 Å². The Morgan fingerprint density at radius 1 is 1.00 bits per heavy atom. The first kappa shape index (κ1) is 37.8. The van der Waals surface area contributed by atoms with Gasteiger partial charge in [-0.15, -0.1) is 0 Å². The zero-order chi connectivity index (χ0) is 34.4. The first-order valence-electron chi connectivity index (χ1n) is 18.2. The van der Waals surface area contributed by atoms with Crippen LogP contribution in [0.15, 0.2) is 54.7 Å². The van der Waals surface area contributed by atoms with Crippen LogP contribution in [0.25, 0.3) is 23.1 Å². The van der Waals surface area contributed by atoms with Gasteiger partial charge in [-0.25, -0.2) is 0 Å². The van der Waals surface area contributed by atoms with Gasteiger partial charge in [0.05, 0.1) is 24.8 Å². The number of amides is 1. The largest absolute Gasteiger partial charge is 0.371 e. The average molecular weight is 678 g/mol. The summed E-state index contributed by atoms with van der Waals surface area (Å²) in [6.45, 7) is 16.6. The molecule has 9 heteroatoms. The summed E-state index contributed by atoms with van der Waals surface area (Å²) in [6.07, 6.45) is 12.4. The molecular weight excluding hydrogens is 619 g/mol. The summed E-state index contributed by atoms with van der Waals surface area (Å²) >= 11 is 0. The number of aryl methyl sites for hydroxylation is 1. The van der Waals surface area contributed by atoms with E-state index >= 15 is 0 Å². The fourth-order valence-electron chi connectivity index (χ4n) is 6.76. The van der Waals surface area contributed by atoms with Crippen molar-refractivity contribution in [2.75, 3.05) is 57.0 Å². The SMILES string of the molecule is CCOP(=O)(CCC[n+]1ccc(/C=C/c2cccc3c2CCCN3CCC(=O)NC(C)CCCN(CC)CC)c2ccccc21)OCC. The molecule has 1 atom stereocenters. The Bertz CT molecular complexity index is 1530. The molecule has 8 nitrogen and oxygen atoms in total. The lowest BCUT2D eigenvalue weighted by molar-refractivity contribution is -0.671. The van der Waals surface area contributed by atoms with Gasteiger partial charge in [-0.05, 0) is 94.9 Å². The molecule has 262 valence electrons. The van der Waals surface area contributed by atoms with E-state index in [-0.39, 0.29) is 11.9 Å². The Kier molecular flexibility index (Phi) is 15.1. The molecule has 0 bridgehead atoms. The molecule has 0 fully saturated rings. The molecule has 0 aliphatic carbocycles. The van der Waals surface area contributed by atoms with E-state index in [4.69, 9.17) is 9.05 Å². The van der Waals surface area contributed by atoms with E-state index < -0.39 is 7.60 Å². The Hall–Kier alpha value is -3.03. The fourth-order valence-corrected chi connectivity index (χ4v) is 8.40. The minimum Gasteiger partial charge on any atom is -0.371 e. The van der Waals surface area contributed by atoms with Crippen molar-refractivity contribution in [1.82, 2.24) is 10.2 Å². The molecule has 1 unspecified atom stereocenters. The van der Waals surface area contributed by atoms with Crippen LogP contribution in [-0.4, -0.2) is 68.9 Å². The van der Waals surface area contributed by atoms with E-state index in [2.05, 4.69) is 107 Å². The predicted octanol–water partition coefficient (Wildman–Crippen LogP) is 7.72. The Morgan fingerprint density at radius 3 is 2.50 bits per heavy atom. The molecule has 0 spiro atoms. The van der Waals surface area contributed by atoms with Gasteiger partial charge in [0, 0.05) is 49.8 Å². The quantitative estimate of drug-likeness (QED) is 0.0975. The number of benzene rings is 2. The number of fused-ring (bicyclic) bond motifs is 2. The smallest absolute Gasteiger partial charge is 0.330 e. The second-order valence-electron chi connectivity index (χ2n) is 12.7. The Morgan fingerprint density at radius 2 is 1.75 bits per heavy atom. The highest BCUT2D eigenvalue weighted by atomic mass is 31.2. The molecule has 4 rings (SSSR count). The van der Waals surface area contributed by atoms with Crippen LogP contribution in [0.5, 0.6) is 0 Å². The second kappa shape index (κ2) is 19.2. The van der Waals surface area contributed by atoms with E-state index in [1.54, 1.807) is 0 Å². The van der Waals surface area contributed by atoms with Crippen molar-refractivity contribution in [2.45, 2.75) is 85.7 Å². The number of nitrogens with one attached hydrogen (secondary N) is 1. The van der Waals surface area contributed by atoms with Crippen LogP contribution in [0.2, 0.25) is 0 Å². The van der Waals surface area contributed by atoms with Crippen LogP contribution in [0.3, 0.4) is 0 Å². The molecule has 2 heterocycles. The maximum atomic E-state index is 12.9. The summed E-state index contributed by atoms with van der Waals surface area (Å²) in [5.41, 5.74) is 6.13. The maximum Gasteiger partial charge on any atom is 0.330 e. The van der Waals surface area contributed by atoms with Gasteiger partial charge in [-0.1, -0.05) is 50.3 Å². The van der Waals surface area contributed by atoms with Crippen LogP contribution in [0.4, 0.5) is 5.69 Å². The van der Waals surface area contributed by atoms with Crippen molar-refractivity contribution in [3.63, 3.8) is 0 Å². The normalized spacial score (nSPS) is 14.2. The number of hydrogen-bond acceptors (Lipinski definition) is 6. The van der Waals surface area contributed by atoms with Crippen LogP contribution < -0.4 is 14.8 Å². The first-order valence-corrected chi connectivity index (χ1v) is 19.9. The molecule has 0 saturated carbocycles. The predicted molar refractivity (Wildman–Crippen MR) is 200 cm³/mol. The van der Waals surface area contributed by atoms with E-state index in [9.17, 15) is 9.36 Å². The topological polar surface area (TPSA) is 75.0 Å². The lowest BCUT2D eigenvalue weighted by Crippen LogP contribution is -2.37. The number of anilines is 1. The lowest BCUT2D eigenvalue weighted by atomic mass is 9.95. The number of carbonyl (C=O) groups is 1. The zero-order valence-corrected chi connectivity index (χ0v) is 30.9. The molecule has 1 amide bonds. The number of rotatable bonds is 20. The summed E-state index contributed by atoms with van der Waals surface area (Å²) in [5, 5.41) is 4.40. The van der Waals surface area contributed by atoms with Crippen LogP contribution >= 0.6 is 7.60 Å². The molecule has 2 aromatic carbocycles. The molecule has 1 N–H and O–H groups in total. The van der Waals surface area contributed by atoms with Crippen molar-refractivity contribution in [3.8, 4) is 0 Å². The Labute approximate surface area is 289 Å². The molecule has 1 aromatic heterocycles. The first-order chi connectivity index (χ1) is 23.3. The number of para-hydroxylation sites is 1. The zero-order valence-electron chi connectivity index (χ0n) is 30.0. The third-order valence-electron chi connectivity index (χ3n) is 9.29. The third-order valence-corrected chi connectivity index (χ3v) is 11.5.